The van der Waals surface area contributed by atoms with Crippen LogP contribution in [0.2, 0.25) is 0 Å². The van der Waals surface area contributed by atoms with Crippen LogP contribution in [-0.4, -0.2) is 43.8 Å². The van der Waals surface area contributed by atoms with Crippen LogP contribution in [0.25, 0.3) is 0 Å². The van der Waals surface area contributed by atoms with Gasteiger partial charge in [-0.25, -0.2) is 12.8 Å². The summed E-state index contributed by atoms with van der Waals surface area (Å²) < 4.78 is 40.2. The highest BCUT2D eigenvalue weighted by Gasteiger charge is 2.31. The van der Waals surface area contributed by atoms with Crippen LogP contribution in [0.5, 0.6) is 0 Å². The summed E-state index contributed by atoms with van der Waals surface area (Å²) in [5.74, 6) is -0.533. The minimum atomic E-state index is -3.64. The number of hydrogen-bond acceptors (Lipinski definition) is 3. The molecule has 3 rings (SSSR count). The molecule has 1 heterocycles. The monoisotopic (exact) mass is 362 g/mol. The van der Waals surface area contributed by atoms with Gasteiger partial charge in [-0.1, -0.05) is 43.3 Å². The van der Waals surface area contributed by atoms with Gasteiger partial charge in [0.1, 0.15) is 5.82 Å². The zero-order valence-electron chi connectivity index (χ0n) is 14.3. The molecule has 0 aliphatic carbocycles. The second kappa shape index (κ2) is 7.64. The Kier molecular flexibility index (Phi) is 5.51. The average molecular weight is 362 g/mol. The summed E-state index contributed by atoms with van der Waals surface area (Å²) in [6, 6.07) is 15.8. The van der Waals surface area contributed by atoms with Gasteiger partial charge in [0.05, 0.1) is 4.90 Å². The molecular formula is C19H23FN2O2S. The number of halogens is 1. The number of piperazine rings is 1. The van der Waals surface area contributed by atoms with E-state index in [1.807, 2.05) is 18.2 Å². The van der Waals surface area contributed by atoms with Crippen molar-refractivity contribution < 1.29 is 12.8 Å². The Morgan fingerprint density at radius 3 is 2.28 bits per heavy atom. The predicted octanol–water partition coefficient (Wildman–Crippen LogP) is 3.28. The predicted molar refractivity (Wildman–Crippen MR) is 96.2 cm³/mol. The third-order valence-electron chi connectivity index (χ3n) is 4.72. The number of sulfonamides is 1. The fourth-order valence-corrected chi connectivity index (χ4v) is 4.87. The minimum absolute atomic E-state index is 0.0241. The SMILES string of the molecule is CCC(c1ccccc1)N1CCN(S(=O)(=O)c2cccc(F)c2)CC1. The van der Waals surface area contributed by atoms with Gasteiger partial charge in [0.15, 0.2) is 0 Å². The Bertz CT molecular complexity index is 803. The van der Waals surface area contributed by atoms with Crippen molar-refractivity contribution in [3.63, 3.8) is 0 Å². The maximum atomic E-state index is 13.4. The molecule has 2 aromatic rings. The molecule has 1 aliphatic heterocycles. The van der Waals surface area contributed by atoms with E-state index in [1.165, 1.54) is 28.1 Å². The second-order valence-corrected chi connectivity index (χ2v) is 8.17. The molecule has 2 aromatic carbocycles. The summed E-state index contributed by atoms with van der Waals surface area (Å²) in [4.78, 5) is 2.35. The van der Waals surface area contributed by atoms with Gasteiger partial charge in [0.2, 0.25) is 10.0 Å². The maximum absolute atomic E-state index is 13.4. The number of nitrogens with zero attached hydrogens (tertiary/aromatic N) is 2. The Labute approximate surface area is 148 Å². The lowest BCUT2D eigenvalue weighted by atomic mass is 10.0. The van der Waals surface area contributed by atoms with Crippen molar-refractivity contribution >= 4 is 10.0 Å². The van der Waals surface area contributed by atoms with Gasteiger partial charge in [-0.15, -0.1) is 0 Å². The highest BCUT2D eigenvalue weighted by atomic mass is 32.2. The van der Waals surface area contributed by atoms with Crippen LogP contribution >= 0.6 is 0 Å². The molecule has 0 aromatic heterocycles. The van der Waals surface area contributed by atoms with Crippen LogP contribution in [-0.2, 0) is 10.0 Å². The summed E-state index contributed by atoms with van der Waals surface area (Å²) >= 11 is 0. The molecule has 0 radical (unpaired) electrons. The quantitative estimate of drug-likeness (QED) is 0.820. The van der Waals surface area contributed by atoms with Crippen LogP contribution in [0.1, 0.15) is 24.9 Å². The lowest BCUT2D eigenvalue weighted by Gasteiger charge is -2.38. The first kappa shape index (κ1) is 18.0. The van der Waals surface area contributed by atoms with Crippen LogP contribution in [0.4, 0.5) is 4.39 Å². The maximum Gasteiger partial charge on any atom is 0.243 e. The van der Waals surface area contributed by atoms with Gasteiger partial charge in [-0.2, -0.15) is 4.31 Å². The van der Waals surface area contributed by atoms with Crippen molar-refractivity contribution in [1.82, 2.24) is 9.21 Å². The standard InChI is InChI=1S/C19H23FN2O2S/c1-2-19(16-7-4-3-5-8-16)21-11-13-22(14-12-21)25(23,24)18-10-6-9-17(20)15-18/h3-10,15,19H,2,11-14H2,1H3. The van der Waals surface area contributed by atoms with Crippen LogP contribution in [0.15, 0.2) is 59.5 Å². The summed E-state index contributed by atoms with van der Waals surface area (Å²) in [6.45, 7) is 4.32. The van der Waals surface area contributed by atoms with Gasteiger partial charge in [0.25, 0.3) is 0 Å². The largest absolute Gasteiger partial charge is 0.294 e. The van der Waals surface area contributed by atoms with Crippen molar-refractivity contribution in [2.75, 3.05) is 26.2 Å². The third kappa shape index (κ3) is 3.92. The molecule has 0 saturated carbocycles. The van der Waals surface area contributed by atoms with Crippen molar-refractivity contribution in [2.45, 2.75) is 24.3 Å². The summed E-state index contributed by atoms with van der Waals surface area (Å²) in [5.41, 5.74) is 1.26. The van der Waals surface area contributed by atoms with Crippen molar-refractivity contribution in [3.05, 3.63) is 66.0 Å². The van der Waals surface area contributed by atoms with E-state index in [9.17, 15) is 12.8 Å². The first-order valence-corrected chi connectivity index (χ1v) is 10.0. The molecule has 25 heavy (non-hydrogen) atoms. The van der Waals surface area contributed by atoms with E-state index in [0.29, 0.717) is 32.2 Å². The van der Waals surface area contributed by atoms with Gasteiger partial charge in [-0.3, -0.25) is 4.90 Å². The fraction of sp³-hybridized carbons (Fsp3) is 0.368. The highest BCUT2D eigenvalue weighted by molar-refractivity contribution is 7.89. The van der Waals surface area contributed by atoms with E-state index in [0.717, 1.165) is 12.5 Å². The highest BCUT2D eigenvalue weighted by Crippen LogP contribution is 2.26. The van der Waals surface area contributed by atoms with Gasteiger partial charge >= 0.3 is 0 Å². The molecule has 0 amide bonds. The molecule has 1 fully saturated rings. The van der Waals surface area contributed by atoms with Crippen molar-refractivity contribution in [2.24, 2.45) is 0 Å². The molecule has 6 heteroatoms. The van der Waals surface area contributed by atoms with Crippen molar-refractivity contribution in [3.8, 4) is 0 Å². The van der Waals surface area contributed by atoms with E-state index < -0.39 is 15.8 Å². The number of rotatable bonds is 5. The third-order valence-corrected chi connectivity index (χ3v) is 6.61. The van der Waals surface area contributed by atoms with Gasteiger partial charge < -0.3 is 0 Å². The first-order valence-electron chi connectivity index (χ1n) is 8.57. The lowest BCUT2D eigenvalue weighted by Crippen LogP contribution is -2.49. The molecule has 134 valence electrons. The molecule has 1 aliphatic rings. The number of benzene rings is 2. The van der Waals surface area contributed by atoms with Crippen LogP contribution in [0, 0.1) is 5.82 Å². The Morgan fingerprint density at radius 2 is 1.68 bits per heavy atom. The molecule has 4 nitrogen and oxygen atoms in total. The zero-order chi connectivity index (χ0) is 17.9. The lowest BCUT2D eigenvalue weighted by molar-refractivity contribution is 0.133. The molecule has 0 bridgehead atoms. The second-order valence-electron chi connectivity index (χ2n) is 6.23. The zero-order valence-corrected chi connectivity index (χ0v) is 15.1. The van der Waals surface area contributed by atoms with E-state index in [-0.39, 0.29) is 4.90 Å². The van der Waals surface area contributed by atoms with Crippen LogP contribution < -0.4 is 0 Å². The Hall–Kier alpha value is -1.76. The minimum Gasteiger partial charge on any atom is -0.294 e. The average Bonchev–Trinajstić information content (AvgIpc) is 2.64. The Morgan fingerprint density at radius 1 is 1.00 bits per heavy atom. The van der Waals surface area contributed by atoms with E-state index in [1.54, 1.807) is 0 Å². The van der Waals surface area contributed by atoms with Gasteiger partial charge in [0, 0.05) is 32.2 Å². The summed E-state index contributed by atoms with van der Waals surface area (Å²) in [5, 5.41) is 0. The van der Waals surface area contributed by atoms with E-state index in [4.69, 9.17) is 0 Å². The first-order chi connectivity index (χ1) is 12.0. The normalized spacial score (nSPS) is 18.2. The Balaban J connectivity index is 1.71. The molecule has 0 N–H and O–H groups in total. The summed E-state index contributed by atoms with van der Waals surface area (Å²) in [7, 11) is -3.64. The molecule has 1 atom stereocenters. The molecule has 0 spiro atoms. The van der Waals surface area contributed by atoms with Gasteiger partial charge in [-0.05, 0) is 30.2 Å². The van der Waals surface area contributed by atoms with Crippen molar-refractivity contribution in [1.29, 1.82) is 0 Å². The topological polar surface area (TPSA) is 40.6 Å². The smallest absolute Gasteiger partial charge is 0.243 e. The number of hydrogen-bond donors (Lipinski definition) is 0. The molecular weight excluding hydrogens is 339 g/mol. The molecule has 1 unspecified atom stereocenters. The fourth-order valence-electron chi connectivity index (χ4n) is 3.41. The van der Waals surface area contributed by atoms with E-state index >= 15 is 0 Å². The molecule has 1 saturated heterocycles. The van der Waals surface area contributed by atoms with Crippen LogP contribution in [0.3, 0.4) is 0 Å². The summed E-state index contributed by atoms with van der Waals surface area (Å²) in [6.07, 6.45) is 0.973. The van der Waals surface area contributed by atoms with E-state index in [2.05, 4.69) is 24.0 Å².